The Morgan fingerprint density at radius 1 is 1.41 bits per heavy atom. The average molecular weight is 234 g/mol. The maximum Gasteiger partial charge on any atom is 0.261 e. The van der Waals surface area contributed by atoms with Gasteiger partial charge in [-0.15, -0.1) is 0 Å². The van der Waals surface area contributed by atoms with E-state index in [1.807, 2.05) is 6.92 Å². The fourth-order valence-electron chi connectivity index (χ4n) is 1.58. The lowest BCUT2D eigenvalue weighted by Gasteiger charge is -2.06. The molecule has 0 aliphatic rings. The summed E-state index contributed by atoms with van der Waals surface area (Å²) in [6.07, 6.45) is 0.578. The van der Waals surface area contributed by atoms with Gasteiger partial charge in [-0.2, -0.15) is 4.98 Å². The second-order valence-electron chi connectivity index (χ2n) is 3.61. The highest BCUT2D eigenvalue weighted by atomic mass is 16.5. The van der Waals surface area contributed by atoms with Crippen LogP contribution in [0.1, 0.15) is 25.3 Å². The number of hydrogen-bond acceptors (Lipinski definition) is 5. The molecule has 1 atom stereocenters. The third-order valence-electron chi connectivity index (χ3n) is 2.52. The van der Waals surface area contributed by atoms with E-state index in [0.717, 1.165) is 6.42 Å². The van der Waals surface area contributed by atoms with Crippen LogP contribution in [0.3, 0.4) is 0 Å². The Morgan fingerprint density at radius 2 is 2.18 bits per heavy atom. The van der Waals surface area contributed by atoms with Crippen molar-refractivity contribution in [3.8, 4) is 17.2 Å². The SMILES string of the molecule is CCC(OC)c1noc(-c2ccccc2O)n1. The normalized spacial score (nSPS) is 12.6. The van der Waals surface area contributed by atoms with Crippen LogP contribution in [0.2, 0.25) is 0 Å². The molecule has 0 aliphatic heterocycles. The third kappa shape index (κ3) is 2.29. The molecule has 0 saturated carbocycles. The molecule has 0 radical (unpaired) electrons. The Hall–Kier alpha value is -1.88. The molecule has 5 nitrogen and oxygen atoms in total. The number of aromatic nitrogens is 2. The van der Waals surface area contributed by atoms with Crippen molar-refractivity contribution >= 4 is 0 Å². The van der Waals surface area contributed by atoms with Crippen molar-refractivity contribution in [3.63, 3.8) is 0 Å². The Kier molecular flexibility index (Phi) is 3.39. The minimum Gasteiger partial charge on any atom is -0.507 e. The maximum atomic E-state index is 9.67. The summed E-state index contributed by atoms with van der Waals surface area (Å²) in [6.45, 7) is 1.98. The zero-order valence-corrected chi connectivity index (χ0v) is 9.75. The average Bonchev–Trinajstić information content (AvgIpc) is 2.81. The van der Waals surface area contributed by atoms with E-state index in [0.29, 0.717) is 17.3 Å². The van der Waals surface area contributed by atoms with Crippen LogP contribution in [0.4, 0.5) is 0 Å². The molecular weight excluding hydrogens is 220 g/mol. The van der Waals surface area contributed by atoms with Crippen molar-refractivity contribution in [1.29, 1.82) is 0 Å². The fourth-order valence-corrected chi connectivity index (χ4v) is 1.58. The first kappa shape index (κ1) is 11.6. The summed E-state index contributed by atoms with van der Waals surface area (Å²) in [4.78, 5) is 4.22. The molecule has 5 heteroatoms. The fraction of sp³-hybridized carbons (Fsp3) is 0.333. The first-order chi connectivity index (χ1) is 8.26. The van der Waals surface area contributed by atoms with Gasteiger partial charge < -0.3 is 14.4 Å². The van der Waals surface area contributed by atoms with Crippen molar-refractivity contribution in [2.24, 2.45) is 0 Å². The minimum absolute atomic E-state index is 0.119. The second kappa shape index (κ2) is 4.97. The van der Waals surface area contributed by atoms with Crippen LogP contribution in [-0.2, 0) is 4.74 Å². The lowest BCUT2D eigenvalue weighted by molar-refractivity contribution is 0.0903. The molecule has 90 valence electrons. The smallest absolute Gasteiger partial charge is 0.261 e. The Bertz CT molecular complexity index is 492. The van der Waals surface area contributed by atoms with Crippen LogP contribution < -0.4 is 0 Å². The Balaban J connectivity index is 2.33. The second-order valence-corrected chi connectivity index (χ2v) is 3.61. The molecule has 2 rings (SSSR count). The molecule has 0 saturated heterocycles. The number of methoxy groups -OCH3 is 1. The monoisotopic (exact) mass is 234 g/mol. The molecule has 0 fully saturated rings. The molecule has 0 spiro atoms. The van der Waals surface area contributed by atoms with Gasteiger partial charge in [0, 0.05) is 7.11 Å². The highest BCUT2D eigenvalue weighted by Crippen LogP contribution is 2.28. The number of rotatable bonds is 4. The first-order valence-corrected chi connectivity index (χ1v) is 5.41. The highest BCUT2D eigenvalue weighted by Gasteiger charge is 2.18. The van der Waals surface area contributed by atoms with E-state index in [-0.39, 0.29) is 11.9 Å². The van der Waals surface area contributed by atoms with Gasteiger partial charge in [-0.3, -0.25) is 0 Å². The number of hydrogen-bond donors (Lipinski definition) is 1. The largest absolute Gasteiger partial charge is 0.507 e. The summed E-state index contributed by atoms with van der Waals surface area (Å²) in [5.74, 6) is 0.912. The van der Waals surface area contributed by atoms with Crippen molar-refractivity contribution in [3.05, 3.63) is 30.1 Å². The number of benzene rings is 1. The number of ether oxygens (including phenoxy) is 1. The number of phenolic OH excluding ortho intramolecular Hbond substituents is 1. The predicted octanol–water partition coefficient (Wildman–Crippen LogP) is 2.54. The molecular formula is C12H14N2O3. The highest BCUT2D eigenvalue weighted by molar-refractivity contribution is 5.61. The van der Waals surface area contributed by atoms with Crippen molar-refractivity contribution in [2.45, 2.75) is 19.4 Å². The van der Waals surface area contributed by atoms with Gasteiger partial charge in [-0.1, -0.05) is 24.2 Å². The summed E-state index contributed by atoms with van der Waals surface area (Å²) in [5.41, 5.74) is 0.525. The van der Waals surface area contributed by atoms with E-state index in [4.69, 9.17) is 9.26 Å². The summed E-state index contributed by atoms with van der Waals surface area (Å²) in [7, 11) is 1.60. The van der Waals surface area contributed by atoms with Crippen LogP contribution in [0.25, 0.3) is 11.5 Å². The number of phenols is 1. The molecule has 0 aliphatic carbocycles. The molecule has 1 heterocycles. The summed E-state index contributed by atoms with van der Waals surface area (Å²) < 4.78 is 10.3. The standard InChI is InChI=1S/C12H14N2O3/c1-3-10(16-2)11-13-12(17-14-11)8-6-4-5-7-9(8)15/h4-7,10,15H,3H2,1-2H3. The molecule has 1 unspecified atom stereocenters. The number of aromatic hydroxyl groups is 1. The molecule has 0 amide bonds. The van der Waals surface area contributed by atoms with Gasteiger partial charge >= 0.3 is 0 Å². The Morgan fingerprint density at radius 3 is 2.82 bits per heavy atom. The summed E-state index contributed by atoms with van der Waals surface area (Å²) >= 11 is 0. The maximum absolute atomic E-state index is 9.67. The lowest BCUT2D eigenvalue weighted by atomic mass is 10.2. The van der Waals surface area contributed by atoms with Crippen LogP contribution in [-0.4, -0.2) is 22.4 Å². The van der Waals surface area contributed by atoms with Crippen molar-refractivity contribution < 1.29 is 14.4 Å². The third-order valence-corrected chi connectivity index (χ3v) is 2.52. The van der Waals surface area contributed by atoms with Gasteiger partial charge in [-0.05, 0) is 18.6 Å². The molecule has 1 aromatic carbocycles. The quantitative estimate of drug-likeness (QED) is 0.880. The van der Waals surface area contributed by atoms with Crippen LogP contribution in [0, 0.1) is 0 Å². The van der Waals surface area contributed by atoms with Crippen molar-refractivity contribution in [1.82, 2.24) is 10.1 Å². The van der Waals surface area contributed by atoms with Crippen molar-refractivity contribution in [2.75, 3.05) is 7.11 Å². The summed E-state index contributed by atoms with van der Waals surface area (Å²) in [5, 5.41) is 13.5. The summed E-state index contributed by atoms with van der Waals surface area (Å²) in [6, 6.07) is 6.83. The zero-order valence-electron chi connectivity index (χ0n) is 9.75. The van der Waals surface area contributed by atoms with E-state index in [2.05, 4.69) is 10.1 Å². The van der Waals surface area contributed by atoms with E-state index in [1.165, 1.54) is 0 Å². The molecule has 0 bridgehead atoms. The van der Waals surface area contributed by atoms with Gasteiger partial charge in [0.1, 0.15) is 11.9 Å². The molecule has 1 aromatic heterocycles. The van der Waals surface area contributed by atoms with Gasteiger partial charge in [0.25, 0.3) is 5.89 Å². The Labute approximate surface area is 99.0 Å². The van der Waals surface area contributed by atoms with E-state index in [9.17, 15) is 5.11 Å². The van der Waals surface area contributed by atoms with Gasteiger partial charge in [0.2, 0.25) is 5.82 Å². The van der Waals surface area contributed by atoms with E-state index < -0.39 is 0 Å². The van der Waals surface area contributed by atoms with Gasteiger partial charge in [-0.25, -0.2) is 0 Å². The van der Waals surface area contributed by atoms with Crippen LogP contribution in [0.5, 0.6) is 5.75 Å². The number of nitrogens with zero attached hydrogens (tertiary/aromatic N) is 2. The molecule has 1 N–H and O–H groups in total. The van der Waals surface area contributed by atoms with E-state index in [1.54, 1.807) is 31.4 Å². The first-order valence-electron chi connectivity index (χ1n) is 5.41. The molecule has 17 heavy (non-hydrogen) atoms. The van der Waals surface area contributed by atoms with Gasteiger partial charge in [0.15, 0.2) is 0 Å². The minimum atomic E-state index is -0.182. The zero-order chi connectivity index (χ0) is 12.3. The van der Waals surface area contributed by atoms with Crippen LogP contribution in [0.15, 0.2) is 28.8 Å². The van der Waals surface area contributed by atoms with E-state index >= 15 is 0 Å². The number of para-hydroxylation sites is 1. The topological polar surface area (TPSA) is 68.4 Å². The predicted molar refractivity (Wildman–Crippen MR) is 61.4 cm³/mol. The van der Waals surface area contributed by atoms with Gasteiger partial charge in [0.05, 0.1) is 5.56 Å². The molecule has 2 aromatic rings. The van der Waals surface area contributed by atoms with Crippen LogP contribution >= 0.6 is 0 Å². The lowest BCUT2D eigenvalue weighted by Crippen LogP contribution is -2.01.